The number of fused-ring (bicyclic) bond motifs is 1. The van der Waals surface area contributed by atoms with Crippen LogP contribution >= 0.6 is 0 Å². The van der Waals surface area contributed by atoms with E-state index in [9.17, 15) is 15.2 Å². The highest BCUT2D eigenvalue weighted by molar-refractivity contribution is 5.67. The average Bonchev–Trinajstić information content (AvgIpc) is 3.44. The minimum atomic E-state index is -0.448. The number of aromatic hydroxyl groups is 1. The fraction of sp³-hybridized carbons (Fsp3) is 0.160. The van der Waals surface area contributed by atoms with Gasteiger partial charge in [-0.05, 0) is 47.5 Å². The molecule has 3 aromatic carbocycles. The summed E-state index contributed by atoms with van der Waals surface area (Å²) < 4.78 is 17.7. The Morgan fingerprint density at radius 2 is 1.85 bits per heavy atom. The number of nitro groups is 1. The molecule has 5 rings (SSSR count). The van der Waals surface area contributed by atoms with Crippen LogP contribution in [0.15, 0.2) is 66.7 Å². The molecule has 0 unspecified atom stereocenters. The second-order valence-electron chi connectivity index (χ2n) is 7.83. The Morgan fingerprint density at radius 3 is 2.62 bits per heavy atom. The van der Waals surface area contributed by atoms with Gasteiger partial charge in [0.15, 0.2) is 11.5 Å². The number of benzene rings is 3. The first-order valence-electron chi connectivity index (χ1n) is 10.6. The van der Waals surface area contributed by atoms with Crippen molar-refractivity contribution in [2.45, 2.75) is 13.0 Å². The first-order chi connectivity index (χ1) is 16.5. The first kappa shape index (κ1) is 21.3. The average molecular weight is 459 g/mol. The summed E-state index contributed by atoms with van der Waals surface area (Å²) in [5, 5.41) is 26.9. The van der Waals surface area contributed by atoms with Gasteiger partial charge in [0.05, 0.1) is 24.3 Å². The highest BCUT2D eigenvalue weighted by Crippen LogP contribution is 2.37. The van der Waals surface area contributed by atoms with Crippen LogP contribution in [0.4, 0.5) is 5.69 Å². The number of rotatable bonds is 7. The SMILES string of the molecule is COc1cccc(Cn2nc(-c3ccc([N+](=O)[O-])cc3)c(Cc3ccc4c(c3)OCO4)c2O)c1. The lowest BCUT2D eigenvalue weighted by Gasteiger charge is -2.07. The molecule has 0 saturated heterocycles. The molecule has 1 aliphatic heterocycles. The Labute approximate surface area is 194 Å². The summed E-state index contributed by atoms with van der Waals surface area (Å²) >= 11 is 0. The predicted molar refractivity (Wildman–Crippen MR) is 123 cm³/mol. The number of nitrogens with zero attached hydrogens (tertiary/aromatic N) is 3. The van der Waals surface area contributed by atoms with Crippen LogP contribution in [0.1, 0.15) is 16.7 Å². The van der Waals surface area contributed by atoms with Crippen molar-refractivity contribution >= 4 is 5.69 Å². The highest BCUT2D eigenvalue weighted by Gasteiger charge is 2.22. The molecule has 172 valence electrons. The van der Waals surface area contributed by atoms with Crippen molar-refractivity contribution in [2.75, 3.05) is 13.9 Å². The molecule has 1 aromatic heterocycles. The van der Waals surface area contributed by atoms with Crippen molar-refractivity contribution < 1.29 is 24.2 Å². The Kier molecular flexibility index (Phi) is 5.51. The molecule has 2 heterocycles. The molecule has 9 nitrogen and oxygen atoms in total. The van der Waals surface area contributed by atoms with E-state index in [2.05, 4.69) is 5.10 Å². The van der Waals surface area contributed by atoms with Gasteiger partial charge in [0.2, 0.25) is 12.7 Å². The minimum Gasteiger partial charge on any atom is -0.497 e. The van der Waals surface area contributed by atoms with Crippen LogP contribution in [0, 0.1) is 10.1 Å². The first-order valence-corrected chi connectivity index (χ1v) is 10.6. The maximum Gasteiger partial charge on any atom is 0.269 e. The van der Waals surface area contributed by atoms with Crippen molar-refractivity contribution in [3.8, 4) is 34.4 Å². The maximum atomic E-state index is 11.2. The fourth-order valence-electron chi connectivity index (χ4n) is 3.93. The molecule has 0 fully saturated rings. The summed E-state index contributed by atoms with van der Waals surface area (Å²) in [6.45, 7) is 0.501. The summed E-state index contributed by atoms with van der Waals surface area (Å²) in [6, 6.07) is 19.3. The molecule has 0 amide bonds. The smallest absolute Gasteiger partial charge is 0.269 e. The van der Waals surface area contributed by atoms with Gasteiger partial charge in [-0.3, -0.25) is 10.1 Å². The van der Waals surface area contributed by atoms with Crippen LogP contribution in [-0.4, -0.2) is 33.7 Å². The van der Waals surface area contributed by atoms with Gasteiger partial charge in [0.25, 0.3) is 5.69 Å². The van der Waals surface area contributed by atoms with E-state index in [1.165, 1.54) is 16.8 Å². The van der Waals surface area contributed by atoms with E-state index in [0.717, 1.165) is 11.1 Å². The molecule has 0 saturated carbocycles. The van der Waals surface area contributed by atoms with Gasteiger partial charge in [-0.15, -0.1) is 0 Å². The van der Waals surface area contributed by atoms with Crippen LogP contribution in [0.3, 0.4) is 0 Å². The van der Waals surface area contributed by atoms with Gasteiger partial charge in [-0.2, -0.15) is 5.10 Å². The lowest BCUT2D eigenvalue weighted by molar-refractivity contribution is -0.384. The van der Waals surface area contributed by atoms with Crippen LogP contribution in [-0.2, 0) is 13.0 Å². The van der Waals surface area contributed by atoms with Crippen molar-refractivity contribution in [3.05, 3.63) is 93.5 Å². The van der Waals surface area contributed by atoms with E-state index >= 15 is 0 Å². The van der Waals surface area contributed by atoms with E-state index in [1.807, 2.05) is 42.5 Å². The van der Waals surface area contributed by atoms with E-state index in [4.69, 9.17) is 14.2 Å². The van der Waals surface area contributed by atoms with E-state index in [1.54, 1.807) is 19.2 Å². The summed E-state index contributed by atoms with van der Waals surface area (Å²) in [5.74, 6) is 2.06. The Morgan fingerprint density at radius 1 is 1.06 bits per heavy atom. The largest absolute Gasteiger partial charge is 0.497 e. The summed E-state index contributed by atoms with van der Waals surface area (Å²) in [4.78, 5) is 10.6. The number of aromatic nitrogens is 2. The molecule has 4 aromatic rings. The lowest BCUT2D eigenvalue weighted by Crippen LogP contribution is -2.02. The quantitative estimate of drug-likeness (QED) is 0.319. The zero-order chi connectivity index (χ0) is 23.7. The number of hydrogen-bond donors (Lipinski definition) is 1. The van der Waals surface area contributed by atoms with Crippen molar-refractivity contribution in [3.63, 3.8) is 0 Å². The third-order valence-corrected chi connectivity index (χ3v) is 5.66. The third kappa shape index (κ3) is 4.11. The molecule has 0 atom stereocenters. The fourth-order valence-corrected chi connectivity index (χ4v) is 3.93. The minimum absolute atomic E-state index is 0.0129. The summed E-state index contributed by atoms with van der Waals surface area (Å²) in [5.41, 5.74) is 3.62. The number of nitro benzene ring substituents is 1. The maximum absolute atomic E-state index is 11.2. The molecule has 0 aliphatic carbocycles. The highest BCUT2D eigenvalue weighted by atomic mass is 16.7. The van der Waals surface area contributed by atoms with E-state index < -0.39 is 4.92 Å². The number of non-ortho nitro benzene ring substituents is 1. The number of methoxy groups -OCH3 is 1. The zero-order valence-corrected chi connectivity index (χ0v) is 18.3. The Balaban J connectivity index is 1.55. The second kappa shape index (κ2) is 8.78. The van der Waals surface area contributed by atoms with Gasteiger partial charge < -0.3 is 19.3 Å². The van der Waals surface area contributed by atoms with Crippen LogP contribution < -0.4 is 14.2 Å². The zero-order valence-electron chi connectivity index (χ0n) is 18.3. The Hall–Kier alpha value is -4.53. The molecular formula is C25H21N3O6. The van der Waals surface area contributed by atoms with Gasteiger partial charge in [0, 0.05) is 29.7 Å². The Bertz CT molecular complexity index is 1360. The molecule has 34 heavy (non-hydrogen) atoms. The van der Waals surface area contributed by atoms with Crippen molar-refractivity contribution in [2.24, 2.45) is 0 Å². The van der Waals surface area contributed by atoms with Gasteiger partial charge >= 0.3 is 0 Å². The van der Waals surface area contributed by atoms with E-state index in [0.29, 0.717) is 47.0 Å². The molecule has 1 N–H and O–H groups in total. The number of ether oxygens (including phenoxy) is 3. The van der Waals surface area contributed by atoms with Gasteiger partial charge in [-0.1, -0.05) is 18.2 Å². The molecular weight excluding hydrogens is 438 g/mol. The van der Waals surface area contributed by atoms with Gasteiger partial charge in [0.1, 0.15) is 5.75 Å². The molecule has 0 radical (unpaired) electrons. The van der Waals surface area contributed by atoms with Gasteiger partial charge in [-0.25, -0.2) is 4.68 Å². The van der Waals surface area contributed by atoms with Crippen LogP contribution in [0.25, 0.3) is 11.3 Å². The summed E-state index contributed by atoms with van der Waals surface area (Å²) in [6.07, 6.45) is 0.382. The number of hydrogen-bond acceptors (Lipinski definition) is 7. The van der Waals surface area contributed by atoms with Crippen molar-refractivity contribution in [1.82, 2.24) is 9.78 Å². The lowest BCUT2D eigenvalue weighted by atomic mass is 10.0. The monoisotopic (exact) mass is 459 g/mol. The third-order valence-electron chi connectivity index (χ3n) is 5.66. The van der Waals surface area contributed by atoms with Crippen LogP contribution in [0.5, 0.6) is 23.1 Å². The molecule has 1 aliphatic rings. The molecule has 0 bridgehead atoms. The standard InChI is InChI=1S/C25H21N3O6/c1-32-20-4-2-3-17(11-20)14-27-25(29)21(12-16-5-10-22-23(13-16)34-15-33-22)24(26-27)18-6-8-19(9-7-18)28(30)31/h2-11,13,29H,12,14-15H2,1H3. The van der Waals surface area contributed by atoms with E-state index in [-0.39, 0.29) is 18.4 Å². The van der Waals surface area contributed by atoms with Crippen molar-refractivity contribution in [1.29, 1.82) is 0 Å². The normalized spacial score (nSPS) is 12.0. The predicted octanol–water partition coefficient (Wildman–Crippen LogP) is 4.54. The second-order valence-corrected chi connectivity index (χ2v) is 7.83. The topological polar surface area (TPSA) is 109 Å². The van der Waals surface area contributed by atoms with Crippen LogP contribution in [0.2, 0.25) is 0 Å². The molecule has 9 heteroatoms. The summed E-state index contributed by atoms with van der Waals surface area (Å²) in [7, 11) is 1.60. The molecule has 0 spiro atoms.